The van der Waals surface area contributed by atoms with Gasteiger partial charge >= 0.3 is 0 Å². The van der Waals surface area contributed by atoms with E-state index in [0.29, 0.717) is 12.8 Å². The molecule has 0 saturated carbocycles. The van der Waals surface area contributed by atoms with Gasteiger partial charge in [-0.15, -0.1) is 0 Å². The highest BCUT2D eigenvalue weighted by atomic mass is 15.1. The average molecular weight is 363 g/mol. The van der Waals surface area contributed by atoms with Crippen LogP contribution in [-0.2, 0) is 12.0 Å². The van der Waals surface area contributed by atoms with E-state index in [1.54, 1.807) is 0 Å². The molecule has 0 spiro atoms. The van der Waals surface area contributed by atoms with Crippen LogP contribution in [0.15, 0.2) is 103 Å². The second-order valence-electron chi connectivity index (χ2n) is 6.68. The van der Waals surface area contributed by atoms with Crippen molar-refractivity contribution in [3.05, 3.63) is 126 Å². The van der Waals surface area contributed by atoms with Crippen LogP contribution < -0.4 is 0 Å². The van der Waals surface area contributed by atoms with Gasteiger partial charge in [0, 0.05) is 25.2 Å². The van der Waals surface area contributed by atoms with Crippen molar-refractivity contribution in [2.75, 3.05) is 0 Å². The summed E-state index contributed by atoms with van der Waals surface area (Å²) < 4.78 is 2.23. The summed E-state index contributed by atoms with van der Waals surface area (Å²) in [6, 6.07) is 33.8. The van der Waals surface area contributed by atoms with Gasteiger partial charge in [0.05, 0.1) is 6.07 Å². The summed E-state index contributed by atoms with van der Waals surface area (Å²) in [7, 11) is 0. The molecule has 0 saturated heterocycles. The SMILES string of the molecule is N#CCCc1nccn1C(c1ccccc1)(c1ccccc1)c1ccccc1. The lowest BCUT2D eigenvalue weighted by Gasteiger charge is -2.38. The van der Waals surface area contributed by atoms with Crippen molar-refractivity contribution in [3.8, 4) is 6.07 Å². The molecule has 4 aromatic rings. The molecular formula is C25H21N3. The minimum absolute atomic E-state index is 0.436. The molecule has 3 nitrogen and oxygen atoms in total. The molecule has 3 heteroatoms. The largest absolute Gasteiger partial charge is 0.316 e. The van der Waals surface area contributed by atoms with E-state index in [4.69, 9.17) is 5.26 Å². The summed E-state index contributed by atoms with van der Waals surface area (Å²) in [5, 5.41) is 9.12. The molecule has 1 heterocycles. The van der Waals surface area contributed by atoms with Gasteiger partial charge in [0.15, 0.2) is 0 Å². The lowest BCUT2D eigenvalue weighted by Crippen LogP contribution is -2.38. The normalized spacial score (nSPS) is 11.1. The van der Waals surface area contributed by atoms with Crippen LogP contribution in [0.2, 0.25) is 0 Å². The molecule has 0 amide bonds. The maximum Gasteiger partial charge on any atom is 0.121 e. The van der Waals surface area contributed by atoms with E-state index in [1.807, 2.05) is 30.6 Å². The number of nitriles is 1. The average Bonchev–Trinajstić information content (AvgIpc) is 3.24. The lowest BCUT2D eigenvalue weighted by atomic mass is 9.76. The highest BCUT2D eigenvalue weighted by Gasteiger charge is 2.39. The predicted octanol–water partition coefficient (Wildman–Crippen LogP) is 5.18. The summed E-state index contributed by atoms with van der Waals surface area (Å²) in [5.74, 6) is 0.901. The van der Waals surface area contributed by atoms with Crippen LogP contribution in [-0.4, -0.2) is 9.55 Å². The van der Waals surface area contributed by atoms with Gasteiger partial charge in [-0.25, -0.2) is 4.98 Å². The Balaban J connectivity index is 2.09. The van der Waals surface area contributed by atoms with Gasteiger partial charge in [0.25, 0.3) is 0 Å². The van der Waals surface area contributed by atoms with E-state index < -0.39 is 5.54 Å². The topological polar surface area (TPSA) is 41.6 Å². The fourth-order valence-electron chi connectivity index (χ4n) is 3.95. The van der Waals surface area contributed by atoms with E-state index in [-0.39, 0.29) is 0 Å². The molecule has 0 N–H and O–H groups in total. The Kier molecular flexibility index (Phi) is 5.03. The highest BCUT2D eigenvalue weighted by Crippen LogP contribution is 2.41. The second-order valence-corrected chi connectivity index (χ2v) is 6.68. The zero-order valence-corrected chi connectivity index (χ0v) is 15.6. The molecule has 0 aliphatic rings. The zero-order valence-electron chi connectivity index (χ0n) is 15.6. The van der Waals surface area contributed by atoms with Crippen LogP contribution in [0.25, 0.3) is 0 Å². The Morgan fingerprint density at radius 3 is 1.64 bits per heavy atom. The highest BCUT2D eigenvalue weighted by molar-refractivity contribution is 5.51. The van der Waals surface area contributed by atoms with Crippen molar-refractivity contribution in [2.24, 2.45) is 0 Å². The lowest BCUT2D eigenvalue weighted by molar-refractivity contribution is 0.492. The first-order chi connectivity index (χ1) is 13.9. The molecule has 3 aromatic carbocycles. The Labute approximate surface area is 165 Å². The Bertz CT molecular complexity index is 964. The van der Waals surface area contributed by atoms with Crippen molar-refractivity contribution < 1.29 is 0 Å². The number of nitrogens with zero attached hydrogens (tertiary/aromatic N) is 3. The molecule has 28 heavy (non-hydrogen) atoms. The Morgan fingerprint density at radius 2 is 1.21 bits per heavy atom. The summed E-state index contributed by atoms with van der Waals surface area (Å²) in [6.45, 7) is 0. The quantitative estimate of drug-likeness (QED) is 0.443. The monoisotopic (exact) mass is 363 g/mol. The fourth-order valence-corrected chi connectivity index (χ4v) is 3.95. The second kappa shape index (κ2) is 7.94. The van der Waals surface area contributed by atoms with Crippen LogP contribution in [0, 0.1) is 11.3 Å². The van der Waals surface area contributed by atoms with Gasteiger partial charge in [-0.1, -0.05) is 91.0 Å². The molecule has 0 aliphatic heterocycles. The molecule has 0 bridgehead atoms. The number of aromatic nitrogens is 2. The van der Waals surface area contributed by atoms with Crippen LogP contribution in [0.5, 0.6) is 0 Å². The summed E-state index contributed by atoms with van der Waals surface area (Å²) in [5.41, 5.74) is 2.90. The van der Waals surface area contributed by atoms with Gasteiger partial charge < -0.3 is 4.57 Å². The number of hydrogen-bond acceptors (Lipinski definition) is 2. The smallest absolute Gasteiger partial charge is 0.121 e. The summed E-state index contributed by atoms with van der Waals surface area (Å²) in [6.07, 6.45) is 4.90. The number of imidazole rings is 1. The number of hydrogen-bond donors (Lipinski definition) is 0. The molecule has 1 aromatic heterocycles. The summed E-state index contributed by atoms with van der Waals surface area (Å²) >= 11 is 0. The number of benzene rings is 3. The first kappa shape index (κ1) is 17.8. The van der Waals surface area contributed by atoms with Gasteiger partial charge in [-0.3, -0.25) is 0 Å². The van der Waals surface area contributed by atoms with Crippen LogP contribution >= 0.6 is 0 Å². The molecule has 4 rings (SSSR count). The van der Waals surface area contributed by atoms with Crippen molar-refractivity contribution in [1.29, 1.82) is 5.26 Å². The molecule has 0 aliphatic carbocycles. The van der Waals surface area contributed by atoms with Crippen molar-refractivity contribution in [3.63, 3.8) is 0 Å². The molecule has 0 atom stereocenters. The third-order valence-electron chi connectivity index (χ3n) is 5.11. The number of aryl methyl sites for hydroxylation is 1. The molecule has 0 unspecified atom stereocenters. The minimum Gasteiger partial charge on any atom is -0.316 e. The first-order valence-electron chi connectivity index (χ1n) is 9.43. The van der Waals surface area contributed by atoms with Crippen molar-refractivity contribution in [1.82, 2.24) is 9.55 Å². The Hall–Kier alpha value is -3.64. The van der Waals surface area contributed by atoms with Crippen LogP contribution in [0.1, 0.15) is 28.9 Å². The Morgan fingerprint density at radius 1 is 0.750 bits per heavy atom. The van der Waals surface area contributed by atoms with E-state index in [2.05, 4.69) is 88.4 Å². The van der Waals surface area contributed by atoms with Crippen LogP contribution in [0.3, 0.4) is 0 Å². The van der Waals surface area contributed by atoms with Crippen LogP contribution in [0.4, 0.5) is 0 Å². The number of rotatable bonds is 6. The molecule has 0 fully saturated rings. The standard InChI is InChI=1S/C25H21N3/c26-18-10-17-24-27-19-20-28(24)25(21-11-4-1-5-12-21,22-13-6-2-7-14-22)23-15-8-3-9-16-23/h1-9,11-16,19-20H,10,17H2. The predicted molar refractivity (Wildman–Crippen MR) is 111 cm³/mol. The third-order valence-corrected chi connectivity index (χ3v) is 5.11. The minimum atomic E-state index is -0.564. The van der Waals surface area contributed by atoms with Crippen molar-refractivity contribution >= 4 is 0 Å². The molecule has 136 valence electrons. The van der Waals surface area contributed by atoms with E-state index >= 15 is 0 Å². The molecule has 0 radical (unpaired) electrons. The van der Waals surface area contributed by atoms with Gasteiger partial charge in [-0.05, 0) is 16.7 Å². The molecular weight excluding hydrogens is 342 g/mol. The van der Waals surface area contributed by atoms with Crippen molar-refractivity contribution in [2.45, 2.75) is 18.4 Å². The maximum atomic E-state index is 9.12. The van der Waals surface area contributed by atoms with E-state index in [1.165, 1.54) is 0 Å². The maximum absolute atomic E-state index is 9.12. The zero-order chi connectivity index (χ0) is 19.2. The van der Waals surface area contributed by atoms with Gasteiger partial charge in [0.1, 0.15) is 11.4 Å². The van der Waals surface area contributed by atoms with E-state index in [9.17, 15) is 0 Å². The fraction of sp³-hybridized carbons (Fsp3) is 0.120. The first-order valence-corrected chi connectivity index (χ1v) is 9.43. The summed E-state index contributed by atoms with van der Waals surface area (Å²) in [4.78, 5) is 4.61. The third kappa shape index (κ3) is 3.00. The van der Waals surface area contributed by atoms with Gasteiger partial charge in [-0.2, -0.15) is 5.26 Å². The van der Waals surface area contributed by atoms with E-state index in [0.717, 1.165) is 22.5 Å². The van der Waals surface area contributed by atoms with Gasteiger partial charge in [0.2, 0.25) is 0 Å².